The summed E-state index contributed by atoms with van der Waals surface area (Å²) in [5.74, 6) is -0.393. The van der Waals surface area contributed by atoms with Gasteiger partial charge in [-0.25, -0.2) is 0 Å². The van der Waals surface area contributed by atoms with Gasteiger partial charge in [0.2, 0.25) is 0 Å². The van der Waals surface area contributed by atoms with Crippen molar-refractivity contribution < 1.29 is 34.2 Å². The highest BCUT2D eigenvalue weighted by molar-refractivity contribution is 5.81. The van der Waals surface area contributed by atoms with Gasteiger partial charge in [0.1, 0.15) is 23.1 Å². The van der Waals surface area contributed by atoms with E-state index in [1.165, 1.54) is 13.8 Å². The molecule has 0 aliphatic carbocycles. The van der Waals surface area contributed by atoms with Crippen molar-refractivity contribution in [3.63, 3.8) is 0 Å². The van der Waals surface area contributed by atoms with Crippen molar-refractivity contribution in [2.75, 3.05) is 46.4 Å². The Bertz CT molecular complexity index is 444. The summed E-state index contributed by atoms with van der Waals surface area (Å²) in [6.45, 7) is 14.3. The first-order valence-electron chi connectivity index (χ1n) is 9.42. The molecule has 188 valence electrons. The van der Waals surface area contributed by atoms with Gasteiger partial charge < -0.3 is 10.2 Å². The van der Waals surface area contributed by atoms with Gasteiger partial charge in [0.25, 0.3) is 5.97 Å². The van der Waals surface area contributed by atoms with Crippen molar-refractivity contribution in [2.45, 2.75) is 69.7 Å². The molecule has 0 aromatic heterocycles. The van der Waals surface area contributed by atoms with Gasteiger partial charge in [-0.1, -0.05) is 28.7 Å². The molecule has 0 rings (SSSR count). The monoisotopic (exact) mass is 452 g/mol. The predicted molar refractivity (Wildman–Crippen MR) is 126 cm³/mol. The van der Waals surface area contributed by atoms with Crippen LogP contribution in [0.4, 0.5) is 0 Å². The van der Waals surface area contributed by atoms with Gasteiger partial charge in [0.05, 0.1) is 26.2 Å². The molecular weight excluding hydrogens is 404 g/mol. The number of hydrogen-bond donors (Lipinski definition) is 2. The van der Waals surface area contributed by atoms with E-state index in [9.17, 15) is 19.2 Å². The smallest absolute Gasteiger partial charge is 0.300 e. The molecule has 9 nitrogen and oxygen atoms in total. The van der Waals surface area contributed by atoms with Crippen molar-refractivity contribution in [3.05, 3.63) is 0 Å². The Kier molecular flexibility index (Phi) is 41.9. The first-order chi connectivity index (χ1) is 13.3. The summed E-state index contributed by atoms with van der Waals surface area (Å²) in [6.07, 6.45) is 0.973. The van der Waals surface area contributed by atoms with Gasteiger partial charge in [-0.3, -0.25) is 33.8 Å². The number of likely N-dealkylation sites (N-methyl/N-ethyl adjacent to an activating group) is 1. The maximum absolute atomic E-state index is 10.8. The molecule has 0 atom stereocenters. The Morgan fingerprint density at radius 1 is 0.613 bits per heavy atom. The van der Waals surface area contributed by atoms with Gasteiger partial charge in [-0.15, -0.1) is 0 Å². The Labute approximate surface area is 189 Å². The van der Waals surface area contributed by atoms with Crippen LogP contribution in [0, 0.1) is 0 Å². The number of rotatable bonds is 11. The number of aliphatic carboxylic acids is 1. The molecular formula is C22H48N2O7. The Balaban J connectivity index is -0.0000000765. The topological polar surface area (TPSA) is 132 Å². The van der Waals surface area contributed by atoms with Crippen LogP contribution in [0.5, 0.6) is 0 Å². The third-order valence-electron chi connectivity index (χ3n) is 2.77. The molecule has 0 spiro atoms. The van der Waals surface area contributed by atoms with E-state index in [0.717, 1.165) is 33.5 Å². The third-order valence-corrected chi connectivity index (χ3v) is 2.77. The average Bonchev–Trinajstić information content (AvgIpc) is 2.54. The first kappa shape index (κ1) is 43.0. The van der Waals surface area contributed by atoms with E-state index < -0.39 is 5.97 Å². The summed E-state index contributed by atoms with van der Waals surface area (Å²) in [6, 6.07) is 0. The van der Waals surface area contributed by atoms with E-state index in [2.05, 4.69) is 0 Å². The van der Waals surface area contributed by atoms with Crippen LogP contribution in [0.15, 0.2) is 0 Å². The molecule has 2 N–H and O–H groups in total. The molecule has 0 radical (unpaired) electrons. The van der Waals surface area contributed by atoms with Gasteiger partial charge in [-0.2, -0.15) is 0 Å². The lowest BCUT2D eigenvalue weighted by molar-refractivity contribution is -0.134. The Hall–Kier alpha value is -1.97. The number of Topliss-reactive ketones (excluding diaryl/α,β-unsaturated/α-hetero) is 4. The lowest BCUT2D eigenvalue weighted by atomic mass is 10.3. The molecule has 0 aromatic rings. The van der Waals surface area contributed by atoms with Crippen LogP contribution in [0.3, 0.4) is 0 Å². The molecule has 0 heterocycles. The van der Waals surface area contributed by atoms with Crippen LogP contribution in [0.2, 0.25) is 0 Å². The number of aliphatic hydroxyl groups is 1. The van der Waals surface area contributed by atoms with E-state index in [1.807, 2.05) is 23.6 Å². The zero-order valence-electron chi connectivity index (χ0n) is 19.3. The number of carbonyl (C=O) groups is 5. The average molecular weight is 453 g/mol. The summed E-state index contributed by atoms with van der Waals surface area (Å²) in [4.78, 5) is 55.5. The number of hydrogen-bond acceptors (Lipinski definition) is 8. The highest BCUT2D eigenvalue weighted by Crippen LogP contribution is 1.92. The van der Waals surface area contributed by atoms with Gasteiger partial charge in [-0.05, 0) is 47.2 Å². The number of carbonyl (C=O) groups excluding carboxylic acids is 4. The lowest BCUT2D eigenvalue weighted by Gasteiger charge is -2.17. The fourth-order valence-electron chi connectivity index (χ4n) is 2.07. The minimum Gasteiger partial charge on any atom is -0.481 e. The van der Waals surface area contributed by atoms with Crippen LogP contribution in [-0.4, -0.2) is 95.5 Å². The number of carboxylic acids is 1. The van der Waals surface area contributed by atoms with Crippen molar-refractivity contribution in [3.8, 4) is 0 Å². The third kappa shape index (κ3) is 52.4. The normalized spacial score (nSPS) is 8.61. The first-order valence-corrected chi connectivity index (χ1v) is 9.42. The predicted octanol–water partition coefficient (Wildman–Crippen LogP) is 2.33. The largest absolute Gasteiger partial charge is 0.481 e. The van der Waals surface area contributed by atoms with Crippen LogP contribution in [0.1, 0.15) is 69.7 Å². The summed E-state index contributed by atoms with van der Waals surface area (Å²) < 4.78 is 0. The molecule has 31 heavy (non-hydrogen) atoms. The highest BCUT2D eigenvalue weighted by atomic mass is 16.4. The molecule has 9 heteroatoms. The molecule has 0 unspecified atom stereocenters. The van der Waals surface area contributed by atoms with E-state index >= 15 is 0 Å². The summed E-state index contributed by atoms with van der Waals surface area (Å²) in [7, 11) is 1.00. The van der Waals surface area contributed by atoms with E-state index in [-0.39, 0.29) is 38.0 Å². The fraction of sp³-hybridized carbons (Fsp3) is 0.773. The van der Waals surface area contributed by atoms with Crippen LogP contribution in [0.25, 0.3) is 0 Å². The molecule has 0 amide bonds. The highest BCUT2D eigenvalue weighted by Gasteiger charge is 2.08. The second kappa shape index (κ2) is 30.2. The number of carboxylic acid groups (broad SMARTS) is 1. The van der Waals surface area contributed by atoms with Crippen LogP contribution < -0.4 is 0 Å². The molecule has 0 saturated carbocycles. The molecule has 0 saturated heterocycles. The minimum absolute atomic E-state index is 0. The molecule has 0 bridgehead atoms. The number of nitrogens with zero attached hydrogens (tertiary/aromatic N) is 2. The summed E-state index contributed by atoms with van der Waals surface area (Å²) in [5, 5.41) is 14.4. The van der Waals surface area contributed by atoms with Crippen molar-refractivity contribution in [2.24, 2.45) is 0 Å². The lowest BCUT2D eigenvalue weighted by Crippen LogP contribution is -2.33. The van der Waals surface area contributed by atoms with Crippen LogP contribution in [-0.2, 0) is 24.0 Å². The Morgan fingerprint density at radius 2 is 0.839 bits per heavy atom. The Morgan fingerprint density at radius 3 is 1.00 bits per heavy atom. The molecule has 0 aliphatic rings. The van der Waals surface area contributed by atoms with Crippen molar-refractivity contribution >= 4 is 29.1 Å². The van der Waals surface area contributed by atoms with E-state index in [4.69, 9.17) is 15.0 Å². The molecule has 0 fully saturated rings. The van der Waals surface area contributed by atoms with E-state index in [1.54, 1.807) is 13.8 Å². The van der Waals surface area contributed by atoms with Gasteiger partial charge >= 0.3 is 0 Å². The van der Waals surface area contributed by atoms with Crippen molar-refractivity contribution in [1.29, 1.82) is 0 Å². The zero-order chi connectivity index (χ0) is 24.0. The quantitative estimate of drug-likeness (QED) is 0.484. The molecule has 0 aromatic carbocycles. The summed E-state index contributed by atoms with van der Waals surface area (Å²) in [5.41, 5.74) is 0. The second-order valence-corrected chi connectivity index (χ2v) is 6.34. The maximum Gasteiger partial charge on any atom is 0.300 e. The second-order valence-electron chi connectivity index (χ2n) is 6.34. The SMILES string of the molecule is C.C.CC(=O)O.CCCN(CC(C)=O)CC(C)=O.CCN(CC(C)=O)CC(C)=O.CO. The minimum atomic E-state index is -0.833. The van der Waals surface area contributed by atoms with Crippen LogP contribution >= 0.6 is 0 Å². The molecule has 0 aliphatic heterocycles. The fourth-order valence-corrected chi connectivity index (χ4v) is 2.07. The maximum atomic E-state index is 10.8. The van der Waals surface area contributed by atoms with Crippen molar-refractivity contribution in [1.82, 2.24) is 9.80 Å². The van der Waals surface area contributed by atoms with Gasteiger partial charge in [0, 0.05) is 14.0 Å². The van der Waals surface area contributed by atoms with Gasteiger partial charge in [0.15, 0.2) is 0 Å². The standard InChI is InChI=1S/C9H17NO2.C8H15NO2.C2H4O2.CH4O.2CH4/c1-4-5-10(6-8(2)11)7-9(3)12;1-4-9(5-7(2)10)6-8(3)11;1-2(3)4;1-2;;/h4-7H2,1-3H3;4-6H2,1-3H3;1H3,(H,3,4);2H,1H3;2*1H4. The number of aliphatic hydroxyl groups excluding tert-OH is 1. The summed E-state index contributed by atoms with van der Waals surface area (Å²) >= 11 is 0. The van der Waals surface area contributed by atoms with E-state index in [0.29, 0.717) is 26.2 Å². The zero-order valence-corrected chi connectivity index (χ0v) is 19.3. The number of ketones is 4.